The lowest BCUT2D eigenvalue weighted by molar-refractivity contribution is -0.125. The molecule has 1 heterocycles. The van der Waals surface area contributed by atoms with E-state index in [4.69, 9.17) is 23.2 Å². The molecule has 0 bridgehead atoms. The number of rotatable bonds is 4. The van der Waals surface area contributed by atoms with Crippen LogP contribution >= 0.6 is 34.5 Å². The number of halogens is 2. The Hall–Kier alpha value is -1.36. The zero-order valence-corrected chi connectivity index (χ0v) is 14.0. The molecule has 0 saturated heterocycles. The maximum absolute atomic E-state index is 12.0. The average Bonchev–Trinajstić information content (AvgIpc) is 2.86. The maximum Gasteiger partial charge on any atom is 0.246 e. The molecule has 0 unspecified atom stereocenters. The summed E-state index contributed by atoms with van der Waals surface area (Å²) in [7, 11) is 1.74. The molecule has 1 aromatic heterocycles. The molecule has 21 heavy (non-hydrogen) atoms. The SMILES string of the molecule is Cc1nc(C=CC(=O)N(C)Cc2ccc(Cl)c(Cl)c2)cs1. The molecule has 0 fully saturated rings. The van der Waals surface area contributed by atoms with Crippen molar-refractivity contribution in [1.82, 2.24) is 9.88 Å². The van der Waals surface area contributed by atoms with Crippen LogP contribution < -0.4 is 0 Å². The second-order valence-electron chi connectivity index (χ2n) is 4.57. The molecule has 1 amide bonds. The van der Waals surface area contributed by atoms with Crippen LogP contribution in [0.4, 0.5) is 0 Å². The van der Waals surface area contributed by atoms with Gasteiger partial charge < -0.3 is 4.90 Å². The number of carbonyl (C=O) groups is 1. The summed E-state index contributed by atoms with van der Waals surface area (Å²) in [5.74, 6) is -0.0910. The normalized spacial score (nSPS) is 11.0. The first kappa shape index (κ1) is 16.0. The first-order valence-corrected chi connectivity index (χ1v) is 7.88. The lowest BCUT2D eigenvalue weighted by Crippen LogP contribution is -2.24. The molecule has 2 aromatic rings. The van der Waals surface area contributed by atoms with E-state index < -0.39 is 0 Å². The average molecular weight is 341 g/mol. The second kappa shape index (κ2) is 7.07. The molecule has 0 N–H and O–H groups in total. The van der Waals surface area contributed by atoms with E-state index in [1.165, 1.54) is 6.08 Å². The van der Waals surface area contributed by atoms with Crippen molar-refractivity contribution in [2.75, 3.05) is 7.05 Å². The van der Waals surface area contributed by atoms with Gasteiger partial charge in [0.25, 0.3) is 0 Å². The van der Waals surface area contributed by atoms with Crippen LogP contribution in [0, 0.1) is 6.92 Å². The molecule has 0 radical (unpaired) electrons. The van der Waals surface area contributed by atoms with E-state index in [0.29, 0.717) is 16.6 Å². The highest BCUT2D eigenvalue weighted by Crippen LogP contribution is 2.23. The summed E-state index contributed by atoms with van der Waals surface area (Å²) < 4.78 is 0. The van der Waals surface area contributed by atoms with Crippen molar-refractivity contribution in [3.8, 4) is 0 Å². The van der Waals surface area contributed by atoms with Gasteiger partial charge in [-0.2, -0.15) is 0 Å². The molecule has 3 nitrogen and oxygen atoms in total. The third-order valence-corrected chi connectivity index (χ3v) is 4.34. The van der Waals surface area contributed by atoms with E-state index in [1.807, 2.05) is 18.4 Å². The van der Waals surface area contributed by atoms with Crippen molar-refractivity contribution in [1.29, 1.82) is 0 Å². The fourth-order valence-electron chi connectivity index (χ4n) is 1.73. The van der Waals surface area contributed by atoms with Crippen LogP contribution in [0.1, 0.15) is 16.3 Å². The van der Waals surface area contributed by atoms with Crippen LogP contribution in [0.15, 0.2) is 29.7 Å². The molecular formula is C15H14Cl2N2OS. The Bertz CT molecular complexity index is 682. The van der Waals surface area contributed by atoms with E-state index in [-0.39, 0.29) is 5.91 Å². The molecule has 6 heteroatoms. The number of aryl methyl sites for hydroxylation is 1. The topological polar surface area (TPSA) is 33.2 Å². The zero-order valence-electron chi connectivity index (χ0n) is 11.6. The minimum atomic E-state index is -0.0910. The first-order chi connectivity index (χ1) is 9.95. The highest BCUT2D eigenvalue weighted by atomic mass is 35.5. The number of carbonyl (C=O) groups excluding carboxylic acids is 1. The van der Waals surface area contributed by atoms with Crippen LogP contribution in [-0.4, -0.2) is 22.8 Å². The number of likely N-dealkylation sites (N-methyl/N-ethyl adjacent to an activating group) is 1. The summed E-state index contributed by atoms with van der Waals surface area (Å²) in [6, 6.07) is 5.35. The van der Waals surface area contributed by atoms with Crippen molar-refractivity contribution >= 4 is 46.5 Å². The maximum atomic E-state index is 12.0. The predicted molar refractivity (Wildman–Crippen MR) is 88.8 cm³/mol. The number of hydrogen-bond donors (Lipinski definition) is 0. The molecule has 0 atom stereocenters. The van der Waals surface area contributed by atoms with Gasteiger partial charge in [-0.3, -0.25) is 4.79 Å². The Labute approximate surface area is 137 Å². The molecule has 0 aliphatic rings. The molecular weight excluding hydrogens is 327 g/mol. The number of benzene rings is 1. The molecule has 0 aliphatic heterocycles. The Morgan fingerprint density at radius 2 is 2.14 bits per heavy atom. The molecule has 1 aromatic carbocycles. The summed E-state index contributed by atoms with van der Waals surface area (Å²) in [6.07, 6.45) is 3.24. The van der Waals surface area contributed by atoms with Gasteiger partial charge in [0, 0.05) is 25.0 Å². The van der Waals surface area contributed by atoms with Crippen LogP contribution in [0.3, 0.4) is 0 Å². The summed E-state index contributed by atoms with van der Waals surface area (Å²) >= 11 is 13.4. The Morgan fingerprint density at radius 3 is 2.76 bits per heavy atom. The van der Waals surface area contributed by atoms with Crippen molar-refractivity contribution < 1.29 is 4.79 Å². The number of nitrogens with zero attached hydrogens (tertiary/aromatic N) is 2. The first-order valence-electron chi connectivity index (χ1n) is 6.25. The van der Waals surface area contributed by atoms with E-state index in [0.717, 1.165) is 16.3 Å². The van der Waals surface area contributed by atoms with Gasteiger partial charge in [-0.1, -0.05) is 29.3 Å². The predicted octanol–water partition coefficient (Wildman–Crippen LogP) is 4.43. The van der Waals surface area contributed by atoms with Crippen molar-refractivity contribution in [3.05, 3.63) is 56.0 Å². The quantitative estimate of drug-likeness (QED) is 0.771. The van der Waals surface area contributed by atoms with Gasteiger partial charge in [0.15, 0.2) is 0 Å². The van der Waals surface area contributed by atoms with Crippen molar-refractivity contribution in [2.45, 2.75) is 13.5 Å². The number of aromatic nitrogens is 1. The molecule has 0 spiro atoms. The Morgan fingerprint density at radius 1 is 1.38 bits per heavy atom. The summed E-state index contributed by atoms with van der Waals surface area (Å²) in [5.41, 5.74) is 1.73. The lowest BCUT2D eigenvalue weighted by Gasteiger charge is -2.15. The van der Waals surface area contributed by atoms with E-state index in [1.54, 1.807) is 41.5 Å². The fourth-order valence-corrected chi connectivity index (χ4v) is 2.63. The summed E-state index contributed by atoms with van der Waals surface area (Å²) in [6.45, 7) is 2.40. The standard InChI is InChI=1S/C15H14Cl2N2OS/c1-10-18-12(9-21-10)4-6-15(20)19(2)8-11-3-5-13(16)14(17)7-11/h3-7,9H,8H2,1-2H3. The van der Waals surface area contributed by atoms with Gasteiger partial charge in [-0.15, -0.1) is 11.3 Å². The number of thiazole rings is 1. The minimum absolute atomic E-state index is 0.0910. The monoisotopic (exact) mass is 340 g/mol. The van der Waals surface area contributed by atoms with Crippen LogP contribution in [0.2, 0.25) is 10.0 Å². The zero-order chi connectivity index (χ0) is 15.4. The van der Waals surface area contributed by atoms with E-state index in [9.17, 15) is 4.79 Å². The van der Waals surface area contributed by atoms with Crippen LogP contribution in [-0.2, 0) is 11.3 Å². The molecule has 0 saturated carbocycles. The smallest absolute Gasteiger partial charge is 0.246 e. The van der Waals surface area contributed by atoms with Gasteiger partial charge in [-0.05, 0) is 30.7 Å². The van der Waals surface area contributed by atoms with Crippen molar-refractivity contribution in [3.63, 3.8) is 0 Å². The largest absolute Gasteiger partial charge is 0.338 e. The third-order valence-electron chi connectivity index (χ3n) is 2.81. The summed E-state index contributed by atoms with van der Waals surface area (Å²) in [5, 5.41) is 3.89. The Kier molecular flexibility index (Phi) is 5.39. The van der Waals surface area contributed by atoms with Gasteiger partial charge in [-0.25, -0.2) is 4.98 Å². The van der Waals surface area contributed by atoms with Gasteiger partial charge >= 0.3 is 0 Å². The third kappa shape index (κ3) is 4.56. The minimum Gasteiger partial charge on any atom is -0.338 e. The van der Waals surface area contributed by atoms with Gasteiger partial charge in [0.05, 0.1) is 20.7 Å². The van der Waals surface area contributed by atoms with Gasteiger partial charge in [0.2, 0.25) is 5.91 Å². The number of hydrogen-bond acceptors (Lipinski definition) is 3. The van der Waals surface area contributed by atoms with Crippen molar-refractivity contribution in [2.24, 2.45) is 0 Å². The van der Waals surface area contributed by atoms with Crippen LogP contribution in [0.5, 0.6) is 0 Å². The van der Waals surface area contributed by atoms with Crippen LogP contribution in [0.25, 0.3) is 6.08 Å². The highest BCUT2D eigenvalue weighted by molar-refractivity contribution is 7.09. The summed E-state index contributed by atoms with van der Waals surface area (Å²) in [4.78, 5) is 17.9. The second-order valence-corrected chi connectivity index (χ2v) is 6.44. The lowest BCUT2D eigenvalue weighted by atomic mass is 10.2. The molecule has 2 rings (SSSR count). The fraction of sp³-hybridized carbons (Fsp3) is 0.200. The van der Waals surface area contributed by atoms with Gasteiger partial charge in [0.1, 0.15) is 0 Å². The molecule has 0 aliphatic carbocycles. The Balaban J connectivity index is 1.99. The molecule has 110 valence electrons. The van der Waals surface area contributed by atoms with E-state index in [2.05, 4.69) is 4.98 Å². The van der Waals surface area contributed by atoms with E-state index >= 15 is 0 Å². The number of amides is 1. The highest BCUT2D eigenvalue weighted by Gasteiger charge is 2.07.